The lowest BCUT2D eigenvalue weighted by Gasteiger charge is -2.34. The normalized spacial score (nSPS) is 16.6. The lowest BCUT2D eigenvalue weighted by Crippen LogP contribution is -2.39. The van der Waals surface area contributed by atoms with Crippen LogP contribution >= 0.6 is 0 Å². The summed E-state index contributed by atoms with van der Waals surface area (Å²) in [5.41, 5.74) is 1.99. The van der Waals surface area contributed by atoms with Gasteiger partial charge in [-0.05, 0) is 57.4 Å². The van der Waals surface area contributed by atoms with Crippen molar-refractivity contribution in [2.24, 2.45) is 0 Å². The molecule has 1 atom stereocenters. The van der Waals surface area contributed by atoms with Crippen LogP contribution in [-0.4, -0.2) is 61.2 Å². The van der Waals surface area contributed by atoms with Crippen molar-refractivity contribution in [1.29, 1.82) is 0 Å². The van der Waals surface area contributed by atoms with E-state index in [2.05, 4.69) is 40.1 Å². The van der Waals surface area contributed by atoms with Crippen LogP contribution in [0.4, 0.5) is 13.2 Å². The van der Waals surface area contributed by atoms with Crippen molar-refractivity contribution < 1.29 is 27.6 Å². The first-order valence-corrected chi connectivity index (χ1v) is 10.4. The molecule has 0 spiro atoms. The van der Waals surface area contributed by atoms with E-state index in [1.165, 1.54) is 6.42 Å². The van der Waals surface area contributed by atoms with Crippen LogP contribution in [0.1, 0.15) is 50.6 Å². The Kier molecular flexibility index (Phi) is 7.17. The smallest absolute Gasteiger partial charge is 0.475 e. The first-order valence-electron chi connectivity index (χ1n) is 10.4. The molecule has 1 fully saturated rings. The summed E-state index contributed by atoms with van der Waals surface area (Å²) in [5.74, 6) is -1.13. The molecule has 11 heteroatoms. The highest BCUT2D eigenvalue weighted by Crippen LogP contribution is 2.29. The van der Waals surface area contributed by atoms with Crippen molar-refractivity contribution in [3.05, 3.63) is 35.9 Å². The summed E-state index contributed by atoms with van der Waals surface area (Å²) in [4.78, 5) is 16.1. The Labute approximate surface area is 183 Å². The Morgan fingerprint density at radius 3 is 2.50 bits per heavy atom. The number of likely N-dealkylation sites (tertiary alicyclic amines) is 1. The number of hydrogen-bond acceptors (Lipinski definition) is 6. The summed E-state index contributed by atoms with van der Waals surface area (Å²) in [5, 5.41) is 17.0. The minimum absolute atomic E-state index is 0.351. The van der Waals surface area contributed by atoms with E-state index in [1.807, 2.05) is 25.1 Å². The lowest BCUT2D eigenvalue weighted by atomic mass is 9.95. The summed E-state index contributed by atoms with van der Waals surface area (Å²) in [7, 11) is 0. The minimum Gasteiger partial charge on any atom is -0.475 e. The first-order chi connectivity index (χ1) is 15.1. The molecule has 3 heterocycles. The van der Waals surface area contributed by atoms with E-state index in [4.69, 9.17) is 14.4 Å². The van der Waals surface area contributed by atoms with Crippen molar-refractivity contribution in [2.45, 2.75) is 58.2 Å². The number of aromatic nitrogens is 4. The summed E-state index contributed by atoms with van der Waals surface area (Å²) in [6.07, 6.45) is -1.74. The minimum atomic E-state index is -5.08. The molecule has 1 aliphatic heterocycles. The number of nitrogens with zero attached hydrogens (tertiary/aromatic N) is 5. The molecule has 1 N–H and O–H groups in total. The molecule has 1 unspecified atom stereocenters. The second-order valence-electron chi connectivity index (χ2n) is 7.82. The van der Waals surface area contributed by atoms with Crippen LogP contribution in [0.3, 0.4) is 0 Å². The zero-order valence-corrected chi connectivity index (χ0v) is 18.1. The second kappa shape index (κ2) is 9.68. The van der Waals surface area contributed by atoms with Gasteiger partial charge in [-0.3, -0.25) is 0 Å². The third kappa shape index (κ3) is 5.26. The molecule has 0 bridgehead atoms. The van der Waals surface area contributed by atoms with Gasteiger partial charge in [0.25, 0.3) is 5.95 Å². The maximum absolute atomic E-state index is 10.6. The highest BCUT2D eigenvalue weighted by atomic mass is 19.4. The number of hydrogen-bond donors (Lipinski definition) is 1. The molecule has 0 radical (unpaired) electrons. The molecule has 2 aromatic heterocycles. The molecular formula is C21H26F3N5O3. The molecule has 8 nitrogen and oxygen atoms in total. The zero-order valence-electron chi connectivity index (χ0n) is 18.1. The summed E-state index contributed by atoms with van der Waals surface area (Å²) < 4.78 is 39.1. The molecule has 0 aliphatic carbocycles. The topological polar surface area (TPSA) is 97.3 Å². The van der Waals surface area contributed by atoms with E-state index in [1.54, 1.807) is 4.68 Å². The number of rotatable bonds is 4. The van der Waals surface area contributed by atoms with Gasteiger partial charge >= 0.3 is 12.1 Å². The number of aryl methyl sites for hydroxylation is 1. The van der Waals surface area contributed by atoms with Gasteiger partial charge in [-0.1, -0.05) is 25.1 Å². The van der Waals surface area contributed by atoms with Gasteiger partial charge in [0.05, 0.1) is 11.2 Å². The van der Waals surface area contributed by atoms with E-state index in [0.29, 0.717) is 17.9 Å². The van der Waals surface area contributed by atoms with Crippen molar-refractivity contribution in [1.82, 2.24) is 24.8 Å². The van der Waals surface area contributed by atoms with Crippen molar-refractivity contribution >= 4 is 16.9 Å². The maximum Gasteiger partial charge on any atom is 0.490 e. The van der Waals surface area contributed by atoms with E-state index in [9.17, 15) is 13.2 Å². The molecule has 0 saturated carbocycles. The number of carboxylic acid groups (broad SMARTS) is 1. The highest BCUT2D eigenvalue weighted by Gasteiger charge is 2.38. The number of benzene rings is 1. The highest BCUT2D eigenvalue weighted by molar-refractivity contribution is 5.82. The third-order valence-electron chi connectivity index (χ3n) is 5.73. The van der Waals surface area contributed by atoms with Gasteiger partial charge in [0.1, 0.15) is 0 Å². The maximum atomic E-state index is 10.6. The number of fused-ring (bicyclic) bond motifs is 1. The standard InChI is InChI=1S/C19H25N5O.C2HF3O2/c1-4-13(2)23-11-9-15(10-12-23)18-20-19(22-25-18)24-17-8-6-5-7-16(17)14(3)21-24;3-2(4,5)1(6)7/h5-8,13,15H,4,9-12H2,1-3H3;(H,6,7). The number of para-hydroxylation sites is 1. The van der Waals surface area contributed by atoms with E-state index in [-0.39, 0.29) is 0 Å². The van der Waals surface area contributed by atoms with Crippen molar-refractivity contribution in [3.63, 3.8) is 0 Å². The zero-order chi connectivity index (χ0) is 23.5. The van der Waals surface area contributed by atoms with Crippen molar-refractivity contribution in [2.75, 3.05) is 13.1 Å². The predicted octanol–water partition coefficient (Wildman–Crippen LogP) is 4.33. The number of aliphatic carboxylic acids is 1. The Hall–Kier alpha value is -2.95. The number of carboxylic acids is 1. The fourth-order valence-electron chi connectivity index (χ4n) is 3.70. The van der Waals surface area contributed by atoms with Crippen LogP contribution in [0.2, 0.25) is 0 Å². The lowest BCUT2D eigenvalue weighted by molar-refractivity contribution is -0.192. The number of piperidine rings is 1. The van der Waals surface area contributed by atoms with Gasteiger partial charge in [0, 0.05) is 17.3 Å². The quantitative estimate of drug-likeness (QED) is 0.628. The summed E-state index contributed by atoms with van der Waals surface area (Å²) >= 11 is 0. The predicted molar refractivity (Wildman–Crippen MR) is 111 cm³/mol. The third-order valence-corrected chi connectivity index (χ3v) is 5.73. The fourth-order valence-corrected chi connectivity index (χ4v) is 3.70. The number of carbonyl (C=O) groups is 1. The molecule has 0 amide bonds. The van der Waals surface area contributed by atoms with Crippen LogP contribution < -0.4 is 0 Å². The van der Waals surface area contributed by atoms with Gasteiger partial charge in [-0.25, -0.2) is 4.79 Å². The van der Waals surface area contributed by atoms with Crippen LogP contribution in [-0.2, 0) is 4.79 Å². The Bertz CT molecular complexity index is 1050. The number of halogens is 3. The molecule has 4 rings (SSSR count). The van der Waals surface area contributed by atoms with Crippen LogP contribution in [0.5, 0.6) is 0 Å². The van der Waals surface area contributed by atoms with Crippen LogP contribution in [0.15, 0.2) is 28.8 Å². The van der Waals surface area contributed by atoms with Crippen molar-refractivity contribution in [3.8, 4) is 5.95 Å². The average molecular weight is 453 g/mol. The average Bonchev–Trinajstić information content (AvgIpc) is 3.38. The molecule has 1 saturated heterocycles. The molecule has 1 aliphatic rings. The first kappa shape index (κ1) is 23.7. The molecule has 1 aromatic carbocycles. The Morgan fingerprint density at radius 1 is 1.28 bits per heavy atom. The fraction of sp³-hybridized carbons (Fsp3) is 0.524. The molecule has 32 heavy (non-hydrogen) atoms. The van der Waals surface area contributed by atoms with Gasteiger partial charge in [0.15, 0.2) is 0 Å². The Morgan fingerprint density at radius 2 is 1.91 bits per heavy atom. The van der Waals surface area contributed by atoms with E-state index < -0.39 is 12.1 Å². The largest absolute Gasteiger partial charge is 0.490 e. The Balaban J connectivity index is 0.000000360. The van der Waals surface area contributed by atoms with Crippen LogP contribution in [0.25, 0.3) is 16.9 Å². The van der Waals surface area contributed by atoms with Crippen LogP contribution in [0, 0.1) is 6.92 Å². The molecular weight excluding hydrogens is 427 g/mol. The summed E-state index contributed by atoms with van der Waals surface area (Å²) in [6.45, 7) is 8.75. The van der Waals surface area contributed by atoms with Gasteiger partial charge < -0.3 is 14.5 Å². The molecule has 3 aromatic rings. The molecule has 174 valence electrons. The SMILES string of the molecule is CCC(C)N1CCC(c2nc(-n3nc(C)c4ccccc43)no2)CC1.O=C(O)C(F)(F)F. The van der Waals surface area contributed by atoms with Gasteiger partial charge in [-0.15, -0.1) is 0 Å². The van der Waals surface area contributed by atoms with E-state index in [0.717, 1.165) is 48.4 Å². The van der Waals surface area contributed by atoms with E-state index >= 15 is 0 Å². The van der Waals surface area contributed by atoms with Gasteiger partial charge in [0.2, 0.25) is 5.89 Å². The monoisotopic (exact) mass is 453 g/mol. The van der Waals surface area contributed by atoms with Gasteiger partial charge in [-0.2, -0.15) is 27.9 Å². The second-order valence-corrected chi connectivity index (χ2v) is 7.82. The number of alkyl halides is 3. The summed E-state index contributed by atoms with van der Waals surface area (Å²) in [6, 6.07) is 8.78.